The highest BCUT2D eigenvalue weighted by molar-refractivity contribution is 7.90. The third-order valence-corrected chi connectivity index (χ3v) is 6.21. The zero-order valence-corrected chi connectivity index (χ0v) is 16.1. The molecule has 1 aliphatic heterocycles. The maximum atomic E-state index is 13.1. The maximum absolute atomic E-state index is 13.1. The molecule has 2 heterocycles. The van der Waals surface area contributed by atoms with Crippen LogP contribution in [0.1, 0.15) is 5.56 Å². The van der Waals surface area contributed by atoms with Crippen LogP contribution >= 0.6 is 11.7 Å². The van der Waals surface area contributed by atoms with Gasteiger partial charge in [0.05, 0.1) is 24.9 Å². The van der Waals surface area contributed by atoms with Gasteiger partial charge in [0.25, 0.3) is 10.0 Å². The second-order valence-corrected chi connectivity index (χ2v) is 8.23. The molecule has 0 amide bonds. The molecule has 7 nitrogen and oxygen atoms in total. The topological polar surface area (TPSA) is 84.8 Å². The second-order valence-electron chi connectivity index (χ2n) is 6.13. The molecule has 0 atom stereocenters. The molecular formula is C18H18N4O3S2. The Kier molecular flexibility index (Phi) is 5.15. The lowest BCUT2D eigenvalue weighted by atomic mass is 10.1. The average Bonchev–Trinajstić information content (AvgIpc) is 3.17. The molecule has 0 unspecified atom stereocenters. The van der Waals surface area contributed by atoms with Crippen molar-refractivity contribution in [2.24, 2.45) is 4.40 Å². The van der Waals surface area contributed by atoms with Crippen LogP contribution in [0.2, 0.25) is 0 Å². The van der Waals surface area contributed by atoms with Gasteiger partial charge in [0.15, 0.2) is 0 Å². The van der Waals surface area contributed by atoms with Crippen LogP contribution in [0.5, 0.6) is 0 Å². The van der Waals surface area contributed by atoms with Crippen LogP contribution in [0.15, 0.2) is 57.8 Å². The van der Waals surface area contributed by atoms with E-state index in [1.54, 1.807) is 12.1 Å². The Bertz CT molecular complexity index is 1060. The van der Waals surface area contributed by atoms with Crippen LogP contribution in [-0.4, -0.2) is 54.2 Å². The van der Waals surface area contributed by atoms with Gasteiger partial charge in [-0.25, -0.2) is 0 Å². The summed E-state index contributed by atoms with van der Waals surface area (Å²) >= 11 is 0.993. The van der Waals surface area contributed by atoms with E-state index in [4.69, 9.17) is 4.74 Å². The summed E-state index contributed by atoms with van der Waals surface area (Å²) in [7, 11) is -3.92. The molecule has 0 radical (unpaired) electrons. The van der Waals surface area contributed by atoms with E-state index in [2.05, 4.69) is 13.1 Å². The highest BCUT2D eigenvalue weighted by atomic mass is 32.2. The minimum atomic E-state index is -3.92. The fourth-order valence-electron chi connectivity index (χ4n) is 2.98. The lowest BCUT2D eigenvalue weighted by Gasteiger charge is -2.29. The highest BCUT2D eigenvalue weighted by Gasteiger charge is 2.23. The van der Waals surface area contributed by atoms with E-state index in [9.17, 15) is 8.42 Å². The number of hydrogen-bond acceptors (Lipinski definition) is 6. The largest absolute Gasteiger partial charge is 0.378 e. The van der Waals surface area contributed by atoms with Gasteiger partial charge in [-0.05, 0) is 17.7 Å². The van der Waals surface area contributed by atoms with Gasteiger partial charge in [0, 0.05) is 19.5 Å². The SMILES string of the molecule is O=S(=O)(/N=C(/Cc1ccccc1)N1CCOCC1)c1cccc2nsnc12. The molecular weight excluding hydrogens is 384 g/mol. The van der Waals surface area contributed by atoms with Gasteiger partial charge >= 0.3 is 0 Å². The number of hydrogen-bond donors (Lipinski definition) is 0. The van der Waals surface area contributed by atoms with Crippen molar-refractivity contribution in [3.05, 3.63) is 54.1 Å². The molecule has 1 aromatic heterocycles. The van der Waals surface area contributed by atoms with E-state index in [1.807, 2.05) is 35.2 Å². The molecule has 27 heavy (non-hydrogen) atoms. The molecule has 0 aliphatic carbocycles. The van der Waals surface area contributed by atoms with Crippen molar-refractivity contribution in [3.8, 4) is 0 Å². The van der Waals surface area contributed by atoms with Crippen molar-refractivity contribution < 1.29 is 13.2 Å². The molecule has 1 saturated heterocycles. The summed E-state index contributed by atoms with van der Waals surface area (Å²) in [5.74, 6) is 0.518. The van der Waals surface area contributed by atoms with Crippen LogP contribution < -0.4 is 0 Å². The molecule has 2 aromatic carbocycles. The van der Waals surface area contributed by atoms with Gasteiger partial charge in [-0.1, -0.05) is 36.4 Å². The van der Waals surface area contributed by atoms with Gasteiger partial charge < -0.3 is 9.64 Å². The van der Waals surface area contributed by atoms with Crippen LogP contribution in [-0.2, 0) is 21.2 Å². The lowest BCUT2D eigenvalue weighted by molar-refractivity contribution is 0.0675. The Labute approximate surface area is 161 Å². The molecule has 140 valence electrons. The minimum absolute atomic E-state index is 0.0903. The van der Waals surface area contributed by atoms with Crippen LogP contribution in [0.4, 0.5) is 0 Å². The molecule has 0 spiro atoms. The predicted octanol–water partition coefficient (Wildman–Crippen LogP) is 2.35. The van der Waals surface area contributed by atoms with Crippen molar-refractivity contribution in [1.29, 1.82) is 0 Å². The fourth-order valence-corrected chi connectivity index (χ4v) is 4.79. The Morgan fingerprint density at radius 1 is 1.07 bits per heavy atom. The summed E-state index contributed by atoms with van der Waals surface area (Å²) in [6.07, 6.45) is 0.436. The first-order valence-corrected chi connectivity index (χ1v) is 10.7. The van der Waals surface area contributed by atoms with Crippen molar-refractivity contribution in [2.45, 2.75) is 11.3 Å². The zero-order chi connectivity index (χ0) is 18.7. The lowest BCUT2D eigenvalue weighted by Crippen LogP contribution is -2.42. The number of nitrogens with zero attached hydrogens (tertiary/aromatic N) is 4. The molecule has 1 fully saturated rings. The maximum Gasteiger partial charge on any atom is 0.286 e. The summed E-state index contributed by atoms with van der Waals surface area (Å²) in [6, 6.07) is 14.7. The van der Waals surface area contributed by atoms with Crippen molar-refractivity contribution >= 4 is 38.6 Å². The van der Waals surface area contributed by atoms with Gasteiger partial charge in [-0.2, -0.15) is 17.2 Å². The first-order chi connectivity index (χ1) is 13.1. The summed E-state index contributed by atoms with van der Waals surface area (Å²) in [6.45, 7) is 2.34. The average molecular weight is 403 g/mol. The van der Waals surface area contributed by atoms with E-state index in [1.165, 1.54) is 6.07 Å². The van der Waals surface area contributed by atoms with E-state index in [0.29, 0.717) is 49.6 Å². The van der Waals surface area contributed by atoms with E-state index < -0.39 is 10.0 Å². The van der Waals surface area contributed by atoms with Crippen molar-refractivity contribution in [3.63, 3.8) is 0 Å². The minimum Gasteiger partial charge on any atom is -0.378 e. The normalized spacial score (nSPS) is 16.0. The highest BCUT2D eigenvalue weighted by Crippen LogP contribution is 2.23. The van der Waals surface area contributed by atoms with Crippen molar-refractivity contribution in [1.82, 2.24) is 13.6 Å². The number of aromatic nitrogens is 2. The summed E-state index contributed by atoms with van der Waals surface area (Å²) in [5, 5.41) is 0. The number of rotatable bonds is 4. The molecule has 3 aromatic rings. The number of morpholine rings is 1. The molecule has 0 saturated carbocycles. The number of benzene rings is 2. The van der Waals surface area contributed by atoms with Crippen LogP contribution in [0.3, 0.4) is 0 Å². The third kappa shape index (κ3) is 4.00. The molecule has 9 heteroatoms. The molecule has 0 N–H and O–H groups in total. The van der Waals surface area contributed by atoms with Gasteiger partial charge in [-0.3, -0.25) is 0 Å². The Hall–Kier alpha value is -2.36. The Balaban J connectivity index is 1.75. The van der Waals surface area contributed by atoms with Gasteiger partial charge in [0.1, 0.15) is 21.8 Å². The summed E-state index contributed by atoms with van der Waals surface area (Å²) < 4.78 is 44.0. The second kappa shape index (κ2) is 7.71. The van der Waals surface area contributed by atoms with Gasteiger partial charge in [0.2, 0.25) is 0 Å². The monoisotopic (exact) mass is 402 g/mol. The smallest absolute Gasteiger partial charge is 0.286 e. The van der Waals surface area contributed by atoms with Crippen LogP contribution in [0.25, 0.3) is 11.0 Å². The predicted molar refractivity (Wildman–Crippen MR) is 105 cm³/mol. The Morgan fingerprint density at radius 2 is 1.85 bits per heavy atom. The third-order valence-electron chi connectivity index (χ3n) is 4.33. The quantitative estimate of drug-likeness (QED) is 0.492. The summed E-state index contributed by atoms with van der Waals surface area (Å²) in [5.41, 5.74) is 1.94. The number of sulfonamides is 1. The van der Waals surface area contributed by atoms with E-state index >= 15 is 0 Å². The first kappa shape index (κ1) is 18.0. The Morgan fingerprint density at radius 3 is 2.63 bits per heavy atom. The first-order valence-electron chi connectivity index (χ1n) is 8.55. The van der Waals surface area contributed by atoms with Gasteiger partial charge in [-0.15, -0.1) is 4.40 Å². The molecule has 0 bridgehead atoms. The molecule has 1 aliphatic rings. The fraction of sp³-hybridized carbons (Fsp3) is 0.278. The van der Waals surface area contributed by atoms with Crippen molar-refractivity contribution in [2.75, 3.05) is 26.3 Å². The zero-order valence-electron chi connectivity index (χ0n) is 14.5. The van der Waals surface area contributed by atoms with Crippen LogP contribution in [0, 0.1) is 0 Å². The number of ether oxygens (including phenoxy) is 1. The van der Waals surface area contributed by atoms with E-state index in [-0.39, 0.29) is 4.90 Å². The standard InChI is InChI=1S/C18H18N4O3S2/c23-27(24,16-8-4-7-15-18(16)20-26-19-15)21-17(22-9-11-25-12-10-22)13-14-5-2-1-3-6-14/h1-8H,9-13H2/b21-17-. The number of fused-ring (bicyclic) bond motifs is 1. The van der Waals surface area contributed by atoms with E-state index in [0.717, 1.165) is 17.3 Å². The number of amidine groups is 1. The summed E-state index contributed by atoms with van der Waals surface area (Å²) in [4.78, 5) is 2.07. The molecule has 4 rings (SSSR count).